The van der Waals surface area contributed by atoms with Crippen molar-refractivity contribution >= 4 is 16.9 Å². The number of allylic oxidation sites excluding steroid dienone is 1. The van der Waals surface area contributed by atoms with Crippen LogP contribution in [0.1, 0.15) is 43.4 Å². The van der Waals surface area contributed by atoms with Gasteiger partial charge < -0.3 is 9.64 Å². The molecule has 7 nitrogen and oxygen atoms in total. The number of benzene rings is 2. The quantitative estimate of drug-likeness (QED) is 0.271. The van der Waals surface area contributed by atoms with Crippen molar-refractivity contribution in [2.24, 2.45) is 0 Å². The third kappa shape index (κ3) is 6.71. The summed E-state index contributed by atoms with van der Waals surface area (Å²) in [5, 5.41) is 0. The minimum atomic E-state index is -2.70. The van der Waals surface area contributed by atoms with Crippen molar-refractivity contribution in [1.29, 1.82) is 0 Å². The number of halogens is 2. The lowest BCUT2D eigenvalue weighted by molar-refractivity contribution is 0.122. The second kappa shape index (κ2) is 13.1. The van der Waals surface area contributed by atoms with E-state index in [1.165, 1.54) is 36.1 Å². The summed E-state index contributed by atoms with van der Waals surface area (Å²) in [7, 11) is 0. The van der Waals surface area contributed by atoms with Crippen LogP contribution in [-0.2, 0) is 11.3 Å². The van der Waals surface area contributed by atoms with Crippen LogP contribution < -0.4 is 4.90 Å². The fourth-order valence-electron chi connectivity index (χ4n) is 5.22. The Morgan fingerprint density at radius 1 is 0.925 bits per heavy atom. The number of hydrogen-bond donors (Lipinski definition) is 0. The average molecular weight is 547 g/mol. The van der Waals surface area contributed by atoms with Crippen molar-refractivity contribution in [3.05, 3.63) is 89.5 Å². The van der Waals surface area contributed by atoms with Crippen molar-refractivity contribution in [1.82, 2.24) is 24.4 Å². The maximum absolute atomic E-state index is 13.6. The highest BCUT2D eigenvalue weighted by Gasteiger charge is 2.22. The number of rotatable bonds is 6. The van der Waals surface area contributed by atoms with E-state index in [1.54, 1.807) is 42.8 Å². The van der Waals surface area contributed by atoms with Gasteiger partial charge in [-0.3, -0.25) is 9.47 Å². The number of hydrogen-bond acceptors (Lipinski definition) is 6. The lowest BCUT2D eigenvalue weighted by Crippen LogP contribution is -2.37. The summed E-state index contributed by atoms with van der Waals surface area (Å²) in [6, 6.07) is 19.5. The predicted molar refractivity (Wildman–Crippen MR) is 154 cm³/mol. The summed E-state index contributed by atoms with van der Waals surface area (Å²) in [6.07, 6.45) is 2.12. The number of nitrogens with zero attached hydrogens (tertiary/aromatic N) is 6. The third-order valence-electron chi connectivity index (χ3n) is 7.07. The second-order valence-electron chi connectivity index (χ2n) is 10.0. The van der Waals surface area contributed by atoms with E-state index >= 15 is 0 Å². The molecule has 4 aromatic rings. The Balaban J connectivity index is 0.000000184. The summed E-state index contributed by atoms with van der Waals surface area (Å²) in [4.78, 5) is 17.5. The Bertz CT molecular complexity index is 1430. The molecule has 0 N–H and O–H groups in total. The maximum atomic E-state index is 13.6. The molecule has 2 aromatic carbocycles. The van der Waals surface area contributed by atoms with E-state index in [0.717, 1.165) is 6.54 Å². The number of aryl methyl sites for hydroxylation is 1. The van der Waals surface area contributed by atoms with Crippen molar-refractivity contribution in [2.45, 2.75) is 39.7 Å². The largest absolute Gasteiger partial charge is 0.378 e. The zero-order valence-corrected chi connectivity index (χ0v) is 23.1. The van der Waals surface area contributed by atoms with Gasteiger partial charge in [-0.1, -0.05) is 61.0 Å². The van der Waals surface area contributed by atoms with Gasteiger partial charge in [-0.2, -0.15) is 0 Å². The number of ether oxygens (including phenoxy) is 1. The Labute approximate surface area is 234 Å². The fraction of sp³-hybridized carbons (Fsp3) is 0.387. The number of aromatic nitrogens is 4. The number of morpholine rings is 1. The lowest BCUT2D eigenvalue weighted by atomic mass is 10.2. The number of anilines is 1. The number of likely N-dealkylation sites (tertiary alicyclic amines) is 1. The standard InChI is InChI=1S/C17H17F2N5O.C14H19N/c1-11-20-14(23-6-8-25-9-7-23)10-15(21-11)24-13-5-3-2-4-12(13)22-17(24)16(18)19;1-2-6-13-9-10-15(11-13)12-14-7-4-3-5-8-14/h2-5,10,16H,6-9H2,1H3;3-8H,2,9-12H2,1H3/b;13-6-. The monoisotopic (exact) mass is 546 g/mol. The predicted octanol–water partition coefficient (Wildman–Crippen LogP) is 6.13. The van der Waals surface area contributed by atoms with Crippen LogP contribution in [0.3, 0.4) is 0 Å². The maximum Gasteiger partial charge on any atom is 0.296 e. The minimum Gasteiger partial charge on any atom is -0.378 e. The summed E-state index contributed by atoms with van der Waals surface area (Å²) >= 11 is 0. The van der Waals surface area contributed by atoms with Gasteiger partial charge in [0, 0.05) is 38.8 Å². The third-order valence-corrected chi connectivity index (χ3v) is 7.07. The summed E-state index contributed by atoms with van der Waals surface area (Å²) in [5.41, 5.74) is 4.16. The van der Waals surface area contributed by atoms with E-state index in [1.807, 2.05) is 0 Å². The van der Waals surface area contributed by atoms with Gasteiger partial charge >= 0.3 is 0 Å². The van der Waals surface area contributed by atoms with Crippen LogP contribution in [-0.4, -0.2) is 63.8 Å². The molecular weight excluding hydrogens is 510 g/mol. The SMILES string of the molecule is CC/C=C1/CCN(Cc2ccccc2)C1.Cc1nc(N2CCOCC2)cc(-n2c(C(F)F)nc3ccccc32)n1. The van der Waals surface area contributed by atoms with Gasteiger partial charge in [-0.25, -0.2) is 23.7 Å². The first kappa shape index (κ1) is 27.9. The molecule has 0 amide bonds. The number of fused-ring (bicyclic) bond motifs is 1. The normalized spacial score (nSPS) is 17.0. The smallest absolute Gasteiger partial charge is 0.296 e. The first-order valence-corrected chi connectivity index (χ1v) is 13.9. The molecule has 2 aromatic heterocycles. The van der Waals surface area contributed by atoms with E-state index in [4.69, 9.17) is 4.74 Å². The zero-order chi connectivity index (χ0) is 27.9. The highest BCUT2D eigenvalue weighted by Crippen LogP contribution is 2.28. The van der Waals surface area contributed by atoms with Crippen LogP contribution in [0.5, 0.6) is 0 Å². The summed E-state index contributed by atoms with van der Waals surface area (Å²) in [6.45, 7) is 10.1. The fourth-order valence-corrected chi connectivity index (χ4v) is 5.22. The molecule has 2 aliphatic rings. The van der Waals surface area contributed by atoms with E-state index in [2.05, 4.69) is 68.1 Å². The second-order valence-corrected chi connectivity index (χ2v) is 10.0. The Kier molecular flexibility index (Phi) is 9.13. The molecule has 0 saturated carbocycles. The van der Waals surface area contributed by atoms with Crippen LogP contribution in [0, 0.1) is 6.92 Å². The molecule has 2 saturated heterocycles. The highest BCUT2D eigenvalue weighted by molar-refractivity contribution is 5.78. The Hall–Kier alpha value is -3.69. The highest BCUT2D eigenvalue weighted by atomic mass is 19.3. The van der Waals surface area contributed by atoms with Crippen LogP contribution >= 0.6 is 0 Å². The number of imidazole rings is 1. The molecule has 210 valence electrons. The van der Waals surface area contributed by atoms with E-state index in [-0.39, 0.29) is 5.82 Å². The van der Waals surface area contributed by atoms with Gasteiger partial charge in [0.1, 0.15) is 17.5 Å². The van der Waals surface area contributed by atoms with Crippen molar-refractivity contribution in [2.75, 3.05) is 44.3 Å². The van der Waals surface area contributed by atoms with Gasteiger partial charge in [0.15, 0.2) is 5.82 Å². The zero-order valence-electron chi connectivity index (χ0n) is 23.1. The topological polar surface area (TPSA) is 59.3 Å². The minimum absolute atomic E-state index is 0.313. The van der Waals surface area contributed by atoms with Gasteiger partial charge in [-0.05, 0) is 37.5 Å². The van der Waals surface area contributed by atoms with Crippen LogP contribution in [0.4, 0.5) is 14.6 Å². The van der Waals surface area contributed by atoms with Gasteiger partial charge in [0.2, 0.25) is 0 Å². The van der Waals surface area contributed by atoms with Gasteiger partial charge in [0.05, 0.1) is 24.2 Å². The molecular formula is C31H36F2N6O. The molecule has 0 spiro atoms. The molecule has 4 heterocycles. The van der Waals surface area contributed by atoms with Crippen molar-refractivity contribution in [3.63, 3.8) is 0 Å². The average Bonchev–Trinajstić information content (AvgIpc) is 3.59. The van der Waals surface area contributed by atoms with Crippen molar-refractivity contribution in [3.8, 4) is 5.82 Å². The van der Waals surface area contributed by atoms with Crippen LogP contribution in [0.25, 0.3) is 16.9 Å². The molecule has 0 unspecified atom stereocenters. The van der Waals surface area contributed by atoms with Crippen LogP contribution in [0.15, 0.2) is 72.3 Å². The molecule has 2 aliphatic heterocycles. The van der Waals surface area contributed by atoms with Gasteiger partial charge in [0.25, 0.3) is 6.43 Å². The molecule has 2 fully saturated rings. The molecule has 40 heavy (non-hydrogen) atoms. The summed E-state index contributed by atoms with van der Waals surface area (Å²) in [5.74, 6) is 1.33. The summed E-state index contributed by atoms with van der Waals surface area (Å²) < 4.78 is 33.9. The first-order valence-electron chi connectivity index (χ1n) is 13.9. The van der Waals surface area contributed by atoms with E-state index in [9.17, 15) is 8.78 Å². The molecule has 0 aliphatic carbocycles. The lowest BCUT2D eigenvalue weighted by Gasteiger charge is -2.28. The number of alkyl halides is 2. The number of para-hydroxylation sites is 2. The Morgan fingerprint density at radius 2 is 1.65 bits per heavy atom. The van der Waals surface area contributed by atoms with E-state index in [0.29, 0.717) is 54.8 Å². The van der Waals surface area contributed by atoms with Crippen molar-refractivity contribution < 1.29 is 13.5 Å². The van der Waals surface area contributed by atoms with Crippen LogP contribution in [0.2, 0.25) is 0 Å². The first-order chi connectivity index (χ1) is 19.5. The molecule has 0 bridgehead atoms. The molecule has 9 heteroatoms. The molecule has 6 rings (SSSR count). The molecule has 0 radical (unpaired) electrons. The van der Waals surface area contributed by atoms with Gasteiger partial charge in [-0.15, -0.1) is 0 Å². The Morgan fingerprint density at radius 3 is 2.40 bits per heavy atom. The van der Waals surface area contributed by atoms with E-state index < -0.39 is 6.43 Å². The molecule has 0 atom stereocenters.